The second kappa shape index (κ2) is 10.3. The zero-order valence-electron chi connectivity index (χ0n) is 17.5. The number of nitrogens with zero attached hydrogens (tertiary/aromatic N) is 2. The second-order valence-electron chi connectivity index (χ2n) is 7.43. The number of benzene rings is 2. The fourth-order valence-corrected chi connectivity index (χ4v) is 3.56. The molecule has 1 atom stereocenters. The Labute approximate surface area is 185 Å². The van der Waals surface area contributed by atoms with Gasteiger partial charge in [-0.25, -0.2) is 0 Å². The number of nitro groups is 2. The van der Waals surface area contributed by atoms with Crippen LogP contribution in [0.3, 0.4) is 0 Å². The molecular formula is C25H22N2O5. The van der Waals surface area contributed by atoms with Gasteiger partial charge in [0.1, 0.15) is 0 Å². The third-order valence-electron chi connectivity index (χ3n) is 5.32. The average molecular weight is 430 g/mol. The number of hydrogen-bond donors (Lipinski definition) is 0. The van der Waals surface area contributed by atoms with Crippen molar-refractivity contribution in [3.05, 3.63) is 115 Å². The molecule has 1 saturated carbocycles. The van der Waals surface area contributed by atoms with Crippen molar-refractivity contribution in [2.75, 3.05) is 0 Å². The van der Waals surface area contributed by atoms with E-state index in [1.54, 1.807) is 72.9 Å². The molecule has 0 saturated heterocycles. The third kappa shape index (κ3) is 5.31. The van der Waals surface area contributed by atoms with Crippen molar-refractivity contribution in [1.82, 2.24) is 0 Å². The van der Waals surface area contributed by atoms with Crippen molar-refractivity contribution >= 4 is 29.3 Å². The van der Waals surface area contributed by atoms with Gasteiger partial charge in [0.25, 0.3) is 11.4 Å². The van der Waals surface area contributed by atoms with Crippen LogP contribution in [0.2, 0.25) is 0 Å². The number of carbonyl (C=O) groups is 1. The van der Waals surface area contributed by atoms with Gasteiger partial charge in [-0.05, 0) is 48.6 Å². The van der Waals surface area contributed by atoms with E-state index in [0.29, 0.717) is 28.7 Å². The topological polar surface area (TPSA) is 103 Å². The van der Waals surface area contributed by atoms with Gasteiger partial charge in [-0.3, -0.25) is 25.0 Å². The number of carbonyl (C=O) groups excluding carboxylic acids is 1. The van der Waals surface area contributed by atoms with Crippen LogP contribution in [0.25, 0.3) is 12.2 Å². The Morgan fingerprint density at radius 2 is 1.34 bits per heavy atom. The molecule has 0 N–H and O–H groups in total. The molecule has 1 fully saturated rings. The molecule has 7 nitrogen and oxygen atoms in total. The fraction of sp³-hybridized carbons (Fsp3) is 0.160. The van der Waals surface area contributed by atoms with Gasteiger partial charge in [-0.2, -0.15) is 0 Å². The van der Waals surface area contributed by atoms with Crippen LogP contribution < -0.4 is 0 Å². The van der Waals surface area contributed by atoms with Crippen molar-refractivity contribution in [2.24, 2.45) is 5.92 Å². The van der Waals surface area contributed by atoms with E-state index >= 15 is 0 Å². The highest BCUT2D eigenvalue weighted by atomic mass is 16.6. The summed E-state index contributed by atoms with van der Waals surface area (Å²) in [7, 11) is 0. The molecule has 1 aliphatic carbocycles. The fourth-order valence-electron chi connectivity index (χ4n) is 3.56. The molecule has 0 radical (unpaired) electrons. The summed E-state index contributed by atoms with van der Waals surface area (Å²) in [5, 5.41) is 22.3. The molecule has 0 aliphatic heterocycles. The first-order valence-corrected chi connectivity index (χ1v) is 10.2. The summed E-state index contributed by atoms with van der Waals surface area (Å²) in [6.07, 6.45) is 11.4. The number of nitro benzene ring substituents is 2. The number of hydrogen-bond acceptors (Lipinski definition) is 5. The first-order chi connectivity index (χ1) is 15.4. The SMILES string of the molecule is C[C@@H]1CC/C(=C/C=C\c2ccccc2[N+](=O)[O-])C(=O)/C1=C/C=C\c1ccccc1[N+](=O)[O-]. The molecule has 0 spiro atoms. The molecule has 7 heteroatoms. The molecule has 1 aliphatic rings. The van der Waals surface area contributed by atoms with Crippen molar-refractivity contribution in [3.8, 4) is 0 Å². The number of allylic oxidation sites excluding steroid dienone is 6. The Morgan fingerprint density at radius 1 is 0.844 bits per heavy atom. The van der Waals surface area contributed by atoms with Crippen molar-refractivity contribution in [2.45, 2.75) is 19.8 Å². The van der Waals surface area contributed by atoms with Crippen LogP contribution in [0.15, 0.2) is 84.0 Å². The second-order valence-corrected chi connectivity index (χ2v) is 7.43. The van der Waals surface area contributed by atoms with Crippen LogP contribution in [-0.4, -0.2) is 15.6 Å². The highest BCUT2D eigenvalue weighted by molar-refractivity contribution is 6.09. The Bertz CT molecular complexity index is 1170. The molecule has 0 amide bonds. The minimum atomic E-state index is -0.440. The number of rotatable bonds is 6. The van der Waals surface area contributed by atoms with Gasteiger partial charge in [0, 0.05) is 17.7 Å². The summed E-state index contributed by atoms with van der Waals surface area (Å²) in [4.78, 5) is 34.3. The predicted molar refractivity (Wildman–Crippen MR) is 124 cm³/mol. The molecule has 3 rings (SSSR count). The van der Waals surface area contributed by atoms with Gasteiger partial charge in [-0.1, -0.05) is 55.5 Å². The summed E-state index contributed by atoms with van der Waals surface area (Å²) in [5.74, 6) is -0.0163. The van der Waals surface area contributed by atoms with Gasteiger partial charge in [-0.15, -0.1) is 0 Å². The summed E-state index contributed by atoms with van der Waals surface area (Å²) in [6.45, 7) is 1.97. The van der Waals surface area contributed by atoms with Crippen LogP contribution in [0.1, 0.15) is 30.9 Å². The van der Waals surface area contributed by atoms with E-state index in [4.69, 9.17) is 0 Å². The molecular weight excluding hydrogens is 408 g/mol. The standard InChI is InChI=1S/C25H22N2O5/c1-18-16-17-21(12-6-10-19-8-2-4-14-23(19)26(29)30)25(28)22(18)13-7-11-20-9-3-5-15-24(20)27(31)32/h2-15,18H,16-17H2,1H3/b10-6-,11-7-,21-12-,22-13+/t18-/m1/s1. The minimum Gasteiger partial charge on any atom is -0.289 e. The van der Waals surface area contributed by atoms with Crippen LogP contribution in [-0.2, 0) is 4.79 Å². The Hall–Kier alpha value is -4.13. The van der Waals surface area contributed by atoms with Crippen LogP contribution in [0, 0.1) is 26.1 Å². The lowest BCUT2D eigenvalue weighted by Gasteiger charge is -2.22. The van der Waals surface area contributed by atoms with Gasteiger partial charge >= 0.3 is 0 Å². The average Bonchev–Trinajstić information content (AvgIpc) is 2.78. The van der Waals surface area contributed by atoms with E-state index in [-0.39, 0.29) is 23.1 Å². The van der Waals surface area contributed by atoms with Gasteiger partial charge in [0.2, 0.25) is 0 Å². The lowest BCUT2D eigenvalue weighted by atomic mass is 9.81. The summed E-state index contributed by atoms with van der Waals surface area (Å²) in [6, 6.07) is 12.8. The maximum Gasteiger partial charge on any atom is 0.276 e. The zero-order chi connectivity index (χ0) is 23.1. The van der Waals surface area contributed by atoms with E-state index in [1.165, 1.54) is 12.1 Å². The highest BCUT2D eigenvalue weighted by Crippen LogP contribution is 2.30. The lowest BCUT2D eigenvalue weighted by Crippen LogP contribution is -2.19. The normalized spacial score (nSPS) is 19.3. The van der Waals surface area contributed by atoms with Crippen LogP contribution >= 0.6 is 0 Å². The molecule has 0 bridgehead atoms. The smallest absolute Gasteiger partial charge is 0.276 e. The van der Waals surface area contributed by atoms with Crippen molar-refractivity contribution < 1.29 is 14.6 Å². The number of Topliss-reactive ketones (excluding diaryl/α,β-unsaturated/α-hetero) is 1. The predicted octanol–water partition coefficient (Wildman–Crippen LogP) is 6.08. The molecule has 0 unspecified atom stereocenters. The monoisotopic (exact) mass is 430 g/mol. The first-order valence-electron chi connectivity index (χ1n) is 10.2. The number of ketones is 1. The quantitative estimate of drug-likeness (QED) is 0.314. The lowest BCUT2D eigenvalue weighted by molar-refractivity contribution is -0.385. The molecule has 2 aromatic carbocycles. The summed E-state index contributed by atoms with van der Waals surface area (Å²) < 4.78 is 0. The van der Waals surface area contributed by atoms with Gasteiger partial charge in [0.15, 0.2) is 5.78 Å². The van der Waals surface area contributed by atoms with Crippen LogP contribution in [0.4, 0.5) is 11.4 Å². The van der Waals surface area contributed by atoms with Crippen molar-refractivity contribution in [3.63, 3.8) is 0 Å². The molecule has 162 valence electrons. The Kier molecular flexibility index (Phi) is 7.23. The minimum absolute atomic E-state index is 0.00546. The molecule has 32 heavy (non-hydrogen) atoms. The Morgan fingerprint density at radius 3 is 1.88 bits per heavy atom. The summed E-state index contributed by atoms with van der Waals surface area (Å²) in [5.41, 5.74) is 2.21. The molecule has 0 heterocycles. The van der Waals surface area contributed by atoms with Crippen LogP contribution in [0.5, 0.6) is 0 Å². The highest BCUT2D eigenvalue weighted by Gasteiger charge is 2.25. The zero-order valence-corrected chi connectivity index (χ0v) is 17.5. The van der Waals surface area contributed by atoms with E-state index < -0.39 is 9.85 Å². The molecule has 2 aromatic rings. The summed E-state index contributed by atoms with van der Waals surface area (Å²) >= 11 is 0. The first kappa shape index (κ1) is 22.6. The Balaban J connectivity index is 1.81. The van der Waals surface area contributed by atoms with Crippen molar-refractivity contribution in [1.29, 1.82) is 0 Å². The van der Waals surface area contributed by atoms with E-state index in [0.717, 1.165) is 6.42 Å². The van der Waals surface area contributed by atoms with Gasteiger partial charge in [0.05, 0.1) is 21.0 Å². The van der Waals surface area contributed by atoms with Gasteiger partial charge < -0.3 is 0 Å². The molecule has 0 aromatic heterocycles. The van der Waals surface area contributed by atoms with E-state index in [2.05, 4.69) is 0 Å². The largest absolute Gasteiger partial charge is 0.289 e. The third-order valence-corrected chi connectivity index (χ3v) is 5.32. The maximum atomic E-state index is 13.0. The number of para-hydroxylation sites is 2. The van der Waals surface area contributed by atoms with E-state index in [1.807, 2.05) is 6.92 Å². The maximum absolute atomic E-state index is 13.0. The van der Waals surface area contributed by atoms with E-state index in [9.17, 15) is 25.0 Å².